The average Bonchev–Trinajstić information content (AvgIpc) is 2.28. The molecule has 3 unspecified atom stereocenters. The lowest BCUT2D eigenvalue weighted by Gasteiger charge is -2.32. The van der Waals surface area contributed by atoms with Crippen LogP contribution in [0.1, 0.15) is 52.9 Å². The van der Waals surface area contributed by atoms with E-state index in [2.05, 4.69) is 26.1 Å². The molecule has 3 atom stereocenters. The maximum atomic E-state index is 5.47. The van der Waals surface area contributed by atoms with E-state index in [-0.39, 0.29) is 0 Å². The van der Waals surface area contributed by atoms with Crippen molar-refractivity contribution in [3.05, 3.63) is 0 Å². The van der Waals surface area contributed by atoms with Crippen molar-refractivity contribution in [2.75, 3.05) is 19.8 Å². The quantitative estimate of drug-likeness (QED) is 0.674. The second-order valence-corrected chi connectivity index (χ2v) is 5.38. The standard InChI is InChI=1S/C14H29NO/c1-4-9-16-10-5-8-15-14-7-6-12(2)13(3)11-14/h12-15H,4-11H2,1-3H3. The molecule has 96 valence electrons. The van der Waals surface area contributed by atoms with Crippen LogP contribution in [0, 0.1) is 11.8 Å². The average molecular weight is 227 g/mol. The van der Waals surface area contributed by atoms with E-state index in [9.17, 15) is 0 Å². The molecule has 16 heavy (non-hydrogen) atoms. The van der Waals surface area contributed by atoms with Gasteiger partial charge in [-0.2, -0.15) is 0 Å². The van der Waals surface area contributed by atoms with Crippen LogP contribution < -0.4 is 5.32 Å². The maximum Gasteiger partial charge on any atom is 0.0478 e. The van der Waals surface area contributed by atoms with Gasteiger partial charge >= 0.3 is 0 Å². The summed E-state index contributed by atoms with van der Waals surface area (Å²) in [5, 5.41) is 3.67. The van der Waals surface area contributed by atoms with Crippen molar-refractivity contribution in [3.8, 4) is 0 Å². The first-order chi connectivity index (χ1) is 7.74. The lowest BCUT2D eigenvalue weighted by Crippen LogP contribution is -2.36. The third kappa shape index (κ3) is 5.31. The largest absolute Gasteiger partial charge is 0.381 e. The number of rotatable bonds is 7. The molecule has 1 aliphatic rings. The fourth-order valence-electron chi connectivity index (χ4n) is 2.46. The third-order valence-corrected chi connectivity index (χ3v) is 3.85. The highest BCUT2D eigenvalue weighted by atomic mass is 16.5. The van der Waals surface area contributed by atoms with E-state index in [1.54, 1.807) is 0 Å². The van der Waals surface area contributed by atoms with Gasteiger partial charge in [-0.1, -0.05) is 20.8 Å². The molecule has 0 bridgehead atoms. The van der Waals surface area contributed by atoms with Crippen LogP contribution in [0.2, 0.25) is 0 Å². The lowest BCUT2D eigenvalue weighted by atomic mass is 9.79. The fraction of sp³-hybridized carbons (Fsp3) is 1.00. The van der Waals surface area contributed by atoms with Crippen LogP contribution in [0.3, 0.4) is 0 Å². The van der Waals surface area contributed by atoms with Gasteiger partial charge in [-0.3, -0.25) is 0 Å². The highest BCUT2D eigenvalue weighted by molar-refractivity contribution is 4.79. The van der Waals surface area contributed by atoms with Crippen molar-refractivity contribution >= 4 is 0 Å². The summed E-state index contributed by atoms with van der Waals surface area (Å²) in [7, 11) is 0. The molecule has 1 fully saturated rings. The van der Waals surface area contributed by atoms with Crippen molar-refractivity contribution in [2.45, 2.75) is 58.9 Å². The van der Waals surface area contributed by atoms with E-state index in [0.717, 1.165) is 50.5 Å². The Labute approximate surface area is 101 Å². The van der Waals surface area contributed by atoms with E-state index in [4.69, 9.17) is 4.74 Å². The van der Waals surface area contributed by atoms with Crippen LogP contribution in [0.4, 0.5) is 0 Å². The van der Waals surface area contributed by atoms with E-state index < -0.39 is 0 Å². The topological polar surface area (TPSA) is 21.3 Å². The Kier molecular flexibility index (Phi) is 7.06. The molecular weight excluding hydrogens is 198 g/mol. The van der Waals surface area contributed by atoms with Crippen molar-refractivity contribution in [1.29, 1.82) is 0 Å². The van der Waals surface area contributed by atoms with Crippen LogP contribution in [0.5, 0.6) is 0 Å². The maximum absolute atomic E-state index is 5.47. The Morgan fingerprint density at radius 2 is 1.94 bits per heavy atom. The first kappa shape index (κ1) is 14.0. The molecule has 1 rings (SSSR count). The van der Waals surface area contributed by atoms with Crippen molar-refractivity contribution in [2.24, 2.45) is 11.8 Å². The smallest absolute Gasteiger partial charge is 0.0478 e. The Morgan fingerprint density at radius 3 is 2.62 bits per heavy atom. The highest BCUT2D eigenvalue weighted by Crippen LogP contribution is 2.29. The first-order valence-electron chi connectivity index (χ1n) is 7.05. The van der Waals surface area contributed by atoms with E-state index in [1.807, 2.05) is 0 Å². The summed E-state index contributed by atoms with van der Waals surface area (Å²) in [4.78, 5) is 0. The zero-order chi connectivity index (χ0) is 11.8. The summed E-state index contributed by atoms with van der Waals surface area (Å²) < 4.78 is 5.47. The number of hydrogen-bond donors (Lipinski definition) is 1. The minimum Gasteiger partial charge on any atom is -0.381 e. The second kappa shape index (κ2) is 8.08. The molecule has 0 spiro atoms. The fourth-order valence-corrected chi connectivity index (χ4v) is 2.46. The Bertz CT molecular complexity index is 172. The van der Waals surface area contributed by atoms with Crippen LogP contribution in [-0.2, 0) is 4.74 Å². The number of ether oxygens (including phenoxy) is 1. The molecular formula is C14H29NO. The summed E-state index contributed by atoms with van der Waals surface area (Å²) in [5.41, 5.74) is 0. The van der Waals surface area contributed by atoms with Crippen LogP contribution in [0.15, 0.2) is 0 Å². The summed E-state index contributed by atoms with van der Waals surface area (Å²) in [6.45, 7) is 9.89. The number of nitrogens with one attached hydrogen (secondary N) is 1. The second-order valence-electron chi connectivity index (χ2n) is 5.38. The molecule has 1 N–H and O–H groups in total. The number of hydrogen-bond acceptors (Lipinski definition) is 2. The van der Waals surface area contributed by atoms with Gasteiger partial charge in [0, 0.05) is 19.3 Å². The van der Waals surface area contributed by atoms with Gasteiger partial charge in [-0.05, 0) is 50.5 Å². The molecule has 0 heterocycles. The molecule has 1 aliphatic carbocycles. The molecule has 0 aliphatic heterocycles. The van der Waals surface area contributed by atoms with E-state index >= 15 is 0 Å². The Hall–Kier alpha value is -0.0800. The van der Waals surface area contributed by atoms with Crippen molar-refractivity contribution in [1.82, 2.24) is 5.32 Å². The predicted octanol–water partition coefficient (Wildman–Crippen LogP) is 3.22. The van der Waals surface area contributed by atoms with Gasteiger partial charge < -0.3 is 10.1 Å². The zero-order valence-corrected chi connectivity index (χ0v) is 11.3. The molecule has 1 saturated carbocycles. The summed E-state index contributed by atoms with van der Waals surface area (Å²) >= 11 is 0. The molecule has 0 radical (unpaired) electrons. The summed E-state index contributed by atoms with van der Waals surface area (Å²) in [5.74, 6) is 1.81. The predicted molar refractivity (Wildman–Crippen MR) is 69.7 cm³/mol. The summed E-state index contributed by atoms with van der Waals surface area (Å²) in [6.07, 6.45) is 6.40. The molecule has 0 aromatic heterocycles. The lowest BCUT2D eigenvalue weighted by molar-refractivity contribution is 0.130. The highest BCUT2D eigenvalue weighted by Gasteiger charge is 2.23. The molecule has 0 amide bonds. The van der Waals surface area contributed by atoms with Gasteiger partial charge in [0.2, 0.25) is 0 Å². The van der Waals surface area contributed by atoms with Gasteiger partial charge in [0.05, 0.1) is 0 Å². The molecule has 0 saturated heterocycles. The third-order valence-electron chi connectivity index (χ3n) is 3.85. The van der Waals surface area contributed by atoms with Crippen LogP contribution in [-0.4, -0.2) is 25.8 Å². The molecule has 0 aromatic carbocycles. The van der Waals surface area contributed by atoms with Gasteiger partial charge in [-0.15, -0.1) is 0 Å². The van der Waals surface area contributed by atoms with Crippen LogP contribution in [0.25, 0.3) is 0 Å². The SMILES string of the molecule is CCCOCCCNC1CCC(C)C(C)C1. The van der Waals surface area contributed by atoms with Crippen LogP contribution >= 0.6 is 0 Å². The first-order valence-corrected chi connectivity index (χ1v) is 7.05. The monoisotopic (exact) mass is 227 g/mol. The minimum atomic E-state index is 0.761. The normalized spacial score (nSPS) is 30.6. The molecule has 2 heteroatoms. The Morgan fingerprint density at radius 1 is 1.12 bits per heavy atom. The van der Waals surface area contributed by atoms with Gasteiger partial charge in [0.15, 0.2) is 0 Å². The zero-order valence-electron chi connectivity index (χ0n) is 11.3. The van der Waals surface area contributed by atoms with E-state index in [1.165, 1.54) is 19.3 Å². The summed E-state index contributed by atoms with van der Waals surface area (Å²) in [6, 6.07) is 0.761. The Balaban J connectivity index is 1.97. The van der Waals surface area contributed by atoms with Gasteiger partial charge in [0.1, 0.15) is 0 Å². The molecule has 2 nitrogen and oxygen atoms in total. The van der Waals surface area contributed by atoms with E-state index in [0.29, 0.717) is 0 Å². The minimum absolute atomic E-state index is 0.761. The molecule has 0 aromatic rings. The van der Waals surface area contributed by atoms with Gasteiger partial charge in [0.25, 0.3) is 0 Å². The van der Waals surface area contributed by atoms with Crippen molar-refractivity contribution in [3.63, 3.8) is 0 Å². The van der Waals surface area contributed by atoms with Crippen molar-refractivity contribution < 1.29 is 4.74 Å². The van der Waals surface area contributed by atoms with Gasteiger partial charge in [-0.25, -0.2) is 0 Å².